The van der Waals surface area contributed by atoms with Crippen LogP contribution >= 0.6 is 0 Å². The molecular formula is C5H12Mg. The second-order valence-electron chi connectivity index (χ2n) is 1.77. The lowest BCUT2D eigenvalue weighted by Crippen LogP contribution is -1.47. The van der Waals surface area contributed by atoms with E-state index in [1.807, 2.05) is 0 Å². The third kappa shape index (κ3) is 2.03. The summed E-state index contributed by atoms with van der Waals surface area (Å²) in [6, 6.07) is 0. The van der Waals surface area contributed by atoms with Gasteiger partial charge in [-0.15, -0.1) is 0 Å². The Kier molecular flexibility index (Phi) is 4.44. The topological polar surface area (TPSA) is 0 Å². The molecule has 0 unspecified atom stereocenters. The minimum Gasteiger partial charge on any atom is -0.0533 e. The lowest BCUT2D eigenvalue weighted by atomic mass is 10.4. The van der Waals surface area contributed by atoms with E-state index >= 15 is 0 Å². The van der Waals surface area contributed by atoms with Gasteiger partial charge in [0.1, 0.15) is 0 Å². The van der Waals surface area contributed by atoms with Crippen LogP contribution < -0.4 is 0 Å². The van der Waals surface area contributed by atoms with Crippen molar-refractivity contribution in [2.75, 3.05) is 0 Å². The molecule has 1 heteroatoms. The fourth-order valence-corrected chi connectivity index (χ4v) is 0.884. The van der Waals surface area contributed by atoms with Crippen LogP contribution in [0.4, 0.5) is 0 Å². The molecule has 1 saturated carbocycles. The molecule has 0 N–H and O–H groups in total. The first-order chi connectivity index (χ1) is 2.50. The fraction of sp³-hybridized carbons (Fsp3) is 1.00. The predicted molar refractivity (Wildman–Crippen MR) is 31.6 cm³/mol. The Labute approximate surface area is 55.5 Å². The molecule has 0 saturated heterocycles. The quantitative estimate of drug-likeness (QED) is 0.395. The first-order valence-corrected chi connectivity index (χ1v) is 2.50. The van der Waals surface area contributed by atoms with Gasteiger partial charge in [0, 0.05) is 0 Å². The van der Waals surface area contributed by atoms with E-state index in [0.717, 1.165) is 0 Å². The second-order valence-corrected chi connectivity index (χ2v) is 1.77. The van der Waals surface area contributed by atoms with Crippen LogP contribution in [0.15, 0.2) is 0 Å². The summed E-state index contributed by atoms with van der Waals surface area (Å²) in [5.74, 6) is 0. The molecule has 0 atom stereocenters. The van der Waals surface area contributed by atoms with Crippen LogP contribution in [0.5, 0.6) is 0 Å². The molecule has 0 spiro atoms. The predicted octanol–water partition coefficient (Wildman–Crippen LogP) is 1.03. The Balaban J connectivity index is 0.000000250. The van der Waals surface area contributed by atoms with Crippen LogP contribution in [-0.4, -0.2) is 23.1 Å². The van der Waals surface area contributed by atoms with Gasteiger partial charge in [0.05, 0.1) is 0 Å². The van der Waals surface area contributed by atoms with E-state index < -0.39 is 0 Å². The third-order valence-electron chi connectivity index (χ3n) is 1.25. The summed E-state index contributed by atoms with van der Waals surface area (Å²) in [4.78, 5) is 0. The summed E-state index contributed by atoms with van der Waals surface area (Å²) < 4.78 is 0. The van der Waals surface area contributed by atoms with Gasteiger partial charge in [0.2, 0.25) is 0 Å². The van der Waals surface area contributed by atoms with Crippen LogP contribution in [0.25, 0.3) is 0 Å². The van der Waals surface area contributed by atoms with Crippen molar-refractivity contribution in [2.45, 2.75) is 32.1 Å². The molecule has 0 bridgehead atoms. The monoisotopic (exact) mass is 96.1 g/mol. The molecule has 0 amide bonds. The lowest BCUT2D eigenvalue weighted by molar-refractivity contribution is 0.886. The molecule has 0 nitrogen and oxygen atoms in total. The average molecular weight is 96.5 g/mol. The standard InChI is InChI=1S/C5H10.Mg.2H/c1-2-4-5-3-1;;;/h1-5H2;;;. The summed E-state index contributed by atoms with van der Waals surface area (Å²) in [5, 5.41) is 0. The van der Waals surface area contributed by atoms with Gasteiger partial charge in [0.25, 0.3) is 0 Å². The molecule has 0 aliphatic heterocycles. The molecule has 1 aliphatic rings. The maximum Gasteiger partial charge on any atom is 0.316 e. The molecule has 6 heavy (non-hydrogen) atoms. The Morgan fingerprint density at radius 3 is 0.833 bits per heavy atom. The summed E-state index contributed by atoms with van der Waals surface area (Å²) in [6.45, 7) is 0. The average Bonchev–Trinajstić information content (AvgIpc) is 1.76. The molecule has 0 aromatic rings. The molecule has 0 heterocycles. The smallest absolute Gasteiger partial charge is 0.0533 e. The van der Waals surface area contributed by atoms with Crippen molar-refractivity contribution in [1.29, 1.82) is 0 Å². The van der Waals surface area contributed by atoms with Gasteiger partial charge >= 0.3 is 23.1 Å². The Hall–Kier alpha value is 0.766. The highest BCUT2D eigenvalue weighted by molar-refractivity contribution is 5.75. The number of hydrogen-bond acceptors (Lipinski definition) is 0. The highest BCUT2D eigenvalue weighted by atomic mass is 24.3. The maximum atomic E-state index is 1.50. The first kappa shape index (κ1) is 6.77. The van der Waals surface area contributed by atoms with Gasteiger partial charge in [-0.05, 0) is 0 Å². The number of hydrogen-bond donors (Lipinski definition) is 0. The van der Waals surface area contributed by atoms with Crippen molar-refractivity contribution < 1.29 is 0 Å². The number of rotatable bonds is 0. The molecule has 34 valence electrons. The van der Waals surface area contributed by atoms with Crippen LogP contribution in [0.2, 0.25) is 0 Å². The van der Waals surface area contributed by atoms with Gasteiger partial charge < -0.3 is 0 Å². The van der Waals surface area contributed by atoms with E-state index in [1.165, 1.54) is 32.1 Å². The van der Waals surface area contributed by atoms with E-state index in [-0.39, 0.29) is 23.1 Å². The fourth-order valence-electron chi connectivity index (χ4n) is 0.884. The minimum atomic E-state index is 0. The van der Waals surface area contributed by atoms with E-state index in [0.29, 0.717) is 0 Å². The Morgan fingerprint density at radius 1 is 0.500 bits per heavy atom. The van der Waals surface area contributed by atoms with Crippen molar-refractivity contribution in [1.82, 2.24) is 0 Å². The van der Waals surface area contributed by atoms with Gasteiger partial charge in [-0.1, -0.05) is 32.1 Å². The van der Waals surface area contributed by atoms with Crippen LogP contribution in [0.3, 0.4) is 0 Å². The van der Waals surface area contributed by atoms with Crippen molar-refractivity contribution in [3.63, 3.8) is 0 Å². The molecule has 1 fully saturated rings. The molecule has 0 radical (unpaired) electrons. The highest BCUT2D eigenvalue weighted by Crippen LogP contribution is 2.15. The molecule has 1 aliphatic carbocycles. The maximum absolute atomic E-state index is 1.50. The highest BCUT2D eigenvalue weighted by Gasteiger charge is 1.95. The van der Waals surface area contributed by atoms with Crippen molar-refractivity contribution in [2.24, 2.45) is 0 Å². The van der Waals surface area contributed by atoms with E-state index in [4.69, 9.17) is 0 Å². The SMILES string of the molecule is C1CCCC1.[MgH2]. The summed E-state index contributed by atoms with van der Waals surface area (Å²) in [6.07, 6.45) is 7.50. The van der Waals surface area contributed by atoms with Crippen molar-refractivity contribution >= 4 is 23.1 Å². The van der Waals surface area contributed by atoms with Crippen LogP contribution in [0.1, 0.15) is 32.1 Å². The van der Waals surface area contributed by atoms with E-state index in [2.05, 4.69) is 0 Å². The second kappa shape index (κ2) is 3.94. The van der Waals surface area contributed by atoms with Gasteiger partial charge in [-0.25, -0.2) is 0 Å². The molecular weight excluding hydrogens is 84.4 g/mol. The normalized spacial score (nSPS) is 20.0. The zero-order chi connectivity index (χ0) is 3.54. The Morgan fingerprint density at radius 2 is 0.667 bits per heavy atom. The molecule has 0 aromatic carbocycles. The Bertz CT molecular complexity index is 15.5. The van der Waals surface area contributed by atoms with E-state index in [9.17, 15) is 0 Å². The van der Waals surface area contributed by atoms with Gasteiger partial charge in [0.15, 0.2) is 0 Å². The summed E-state index contributed by atoms with van der Waals surface area (Å²) in [5.41, 5.74) is 0. The zero-order valence-electron chi connectivity index (χ0n) is 3.54. The van der Waals surface area contributed by atoms with E-state index in [1.54, 1.807) is 0 Å². The molecule has 1 rings (SSSR count). The van der Waals surface area contributed by atoms with Gasteiger partial charge in [-0.3, -0.25) is 0 Å². The van der Waals surface area contributed by atoms with Crippen molar-refractivity contribution in [3.05, 3.63) is 0 Å². The minimum absolute atomic E-state index is 0. The van der Waals surface area contributed by atoms with Crippen molar-refractivity contribution in [3.8, 4) is 0 Å². The lowest BCUT2D eigenvalue weighted by Gasteiger charge is -1.67. The summed E-state index contributed by atoms with van der Waals surface area (Å²) >= 11 is 0. The first-order valence-electron chi connectivity index (χ1n) is 2.50. The third-order valence-corrected chi connectivity index (χ3v) is 1.25. The van der Waals surface area contributed by atoms with Gasteiger partial charge in [-0.2, -0.15) is 0 Å². The molecule has 0 aromatic heterocycles. The zero-order valence-corrected chi connectivity index (χ0v) is 3.54. The summed E-state index contributed by atoms with van der Waals surface area (Å²) in [7, 11) is 0. The van der Waals surface area contributed by atoms with Crippen LogP contribution in [0, 0.1) is 0 Å². The van der Waals surface area contributed by atoms with Crippen LogP contribution in [-0.2, 0) is 0 Å². The largest absolute Gasteiger partial charge is 0.316 e.